The molecule has 4 aromatic rings. The second-order valence-electron chi connectivity index (χ2n) is 7.53. The number of amides is 1. The number of aromatic nitrogens is 2. The predicted octanol–water partition coefficient (Wildman–Crippen LogP) is 5.65. The topological polar surface area (TPSA) is 78.4 Å². The van der Waals surface area contributed by atoms with Crippen LogP contribution in [-0.2, 0) is 5.60 Å². The Kier molecular flexibility index (Phi) is 6.09. The highest BCUT2D eigenvalue weighted by atomic mass is 35.5. The first-order chi connectivity index (χ1) is 15.5. The van der Waals surface area contributed by atoms with Gasteiger partial charge >= 0.3 is 0 Å². The molecule has 1 aliphatic heterocycles. The van der Waals surface area contributed by atoms with Crippen molar-refractivity contribution < 1.29 is 9.90 Å². The lowest BCUT2D eigenvalue weighted by molar-refractivity contribution is -0.0212. The van der Waals surface area contributed by atoms with E-state index in [9.17, 15) is 9.90 Å². The minimum atomic E-state index is -1.01. The number of anilines is 1. The fourth-order valence-electron chi connectivity index (χ4n) is 3.68. The van der Waals surface area contributed by atoms with E-state index in [1.165, 1.54) is 23.3 Å². The van der Waals surface area contributed by atoms with Crippen molar-refractivity contribution in [2.75, 3.05) is 17.8 Å². The number of piperidine rings is 1. The molecule has 164 valence electrons. The molecule has 6 nitrogen and oxygen atoms in total. The quantitative estimate of drug-likeness (QED) is 0.343. The van der Waals surface area contributed by atoms with Crippen LogP contribution in [0.15, 0.2) is 59.1 Å². The molecule has 1 fully saturated rings. The molecular formula is C22H19ClN4O2S3. The maximum atomic E-state index is 12.9. The van der Waals surface area contributed by atoms with E-state index in [-0.39, 0.29) is 5.91 Å². The number of carbonyl (C=O) groups excluding carboxylic acids is 1. The molecule has 3 heterocycles. The second kappa shape index (κ2) is 8.99. The summed E-state index contributed by atoms with van der Waals surface area (Å²) in [5, 5.41) is 11.5. The molecule has 2 N–H and O–H groups in total. The Morgan fingerprint density at radius 2 is 1.94 bits per heavy atom. The van der Waals surface area contributed by atoms with Gasteiger partial charge < -0.3 is 14.7 Å². The van der Waals surface area contributed by atoms with Crippen molar-refractivity contribution >= 4 is 68.0 Å². The van der Waals surface area contributed by atoms with E-state index in [2.05, 4.69) is 20.8 Å². The van der Waals surface area contributed by atoms with Crippen LogP contribution in [0.1, 0.15) is 28.2 Å². The van der Waals surface area contributed by atoms with Gasteiger partial charge in [0.25, 0.3) is 5.91 Å². The van der Waals surface area contributed by atoms with Crippen molar-refractivity contribution in [3.8, 4) is 0 Å². The standard InChI is InChI=1S/C22H19ClN4O2S3/c23-18-12-24-21(31-18)22(29)8-10-27(11-9-22)20(28)14-4-6-15(7-5-14)26-32-17-3-1-2-16-19(17)25-13-30-16/h1-7,12-13,26,29H,8-11H2. The van der Waals surface area contributed by atoms with Gasteiger partial charge in [-0.3, -0.25) is 4.79 Å². The third-order valence-corrected chi connectivity index (χ3v) is 8.48. The summed E-state index contributed by atoms with van der Waals surface area (Å²) in [5.74, 6) is -0.0318. The van der Waals surface area contributed by atoms with Gasteiger partial charge in [0, 0.05) is 37.2 Å². The summed E-state index contributed by atoms with van der Waals surface area (Å²) in [6.45, 7) is 0.945. The first-order valence-electron chi connectivity index (χ1n) is 10.0. The van der Waals surface area contributed by atoms with Crippen molar-refractivity contribution in [3.05, 3.63) is 69.1 Å². The molecule has 32 heavy (non-hydrogen) atoms. The summed E-state index contributed by atoms with van der Waals surface area (Å²) >= 11 is 10.4. The Balaban J connectivity index is 1.20. The van der Waals surface area contributed by atoms with Gasteiger partial charge in [0.05, 0.1) is 26.8 Å². The molecule has 0 bridgehead atoms. The van der Waals surface area contributed by atoms with E-state index in [4.69, 9.17) is 11.6 Å². The maximum absolute atomic E-state index is 12.9. The van der Waals surface area contributed by atoms with Gasteiger partial charge in [0.2, 0.25) is 0 Å². The molecular weight excluding hydrogens is 484 g/mol. The number of rotatable bonds is 5. The van der Waals surface area contributed by atoms with E-state index >= 15 is 0 Å². The monoisotopic (exact) mass is 502 g/mol. The van der Waals surface area contributed by atoms with Gasteiger partial charge in [0.15, 0.2) is 0 Å². The van der Waals surface area contributed by atoms with Gasteiger partial charge in [-0.05, 0) is 48.3 Å². The summed E-state index contributed by atoms with van der Waals surface area (Å²) < 4.78 is 5.04. The molecule has 1 saturated heterocycles. The van der Waals surface area contributed by atoms with Crippen molar-refractivity contribution in [2.45, 2.75) is 23.3 Å². The van der Waals surface area contributed by atoms with Crippen molar-refractivity contribution in [3.63, 3.8) is 0 Å². The fourth-order valence-corrected chi connectivity index (χ4v) is 6.28. The molecule has 0 spiro atoms. The van der Waals surface area contributed by atoms with Crippen LogP contribution < -0.4 is 4.72 Å². The van der Waals surface area contributed by atoms with Gasteiger partial charge in [-0.2, -0.15) is 0 Å². The third kappa shape index (κ3) is 4.35. The van der Waals surface area contributed by atoms with Crippen molar-refractivity contribution in [2.24, 2.45) is 0 Å². The highest BCUT2D eigenvalue weighted by Crippen LogP contribution is 2.37. The summed E-state index contributed by atoms with van der Waals surface area (Å²) in [5.41, 5.74) is 3.37. The first kappa shape index (κ1) is 21.7. The number of carbonyl (C=O) groups is 1. The van der Waals surface area contributed by atoms with Crippen LogP contribution in [0.25, 0.3) is 10.2 Å². The summed E-state index contributed by atoms with van der Waals surface area (Å²) in [4.78, 5) is 24.4. The van der Waals surface area contributed by atoms with Crippen LogP contribution in [0.2, 0.25) is 4.34 Å². The zero-order valence-electron chi connectivity index (χ0n) is 16.8. The van der Waals surface area contributed by atoms with Crippen molar-refractivity contribution in [1.29, 1.82) is 0 Å². The Labute approximate surface area is 202 Å². The lowest BCUT2D eigenvalue weighted by Crippen LogP contribution is -2.45. The minimum absolute atomic E-state index is 0.0318. The Bertz CT molecular complexity index is 1250. The van der Waals surface area contributed by atoms with Gasteiger partial charge in [-0.15, -0.1) is 22.7 Å². The summed E-state index contributed by atoms with van der Waals surface area (Å²) in [6, 6.07) is 13.6. The van der Waals surface area contributed by atoms with E-state index in [1.807, 2.05) is 41.9 Å². The summed E-state index contributed by atoms with van der Waals surface area (Å²) in [6.07, 6.45) is 2.45. The lowest BCUT2D eigenvalue weighted by atomic mass is 9.92. The molecule has 1 aliphatic rings. The van der Waals surface area contributed by atoms with Gasteiger partial charge in [0.1, 0.15) is 14.9 Å². The molecule has 5 rings (SSSR count). The number of benzene rings is 2. The zero-order chi connectivity index (χ0) is 22.1. The van der Waals surface area contributed by atoms with E-state index in [1.54, 1.807) is 22.4 Å². The van der Waals surface area contributed by atoms with E-state index in [0.29, 0.717) is 40.8 Å². The number of nitrogens with zero attached hydrogens (tertiary/aromatic N) is 3. The SMILES string of the molecule is O=C(c1ccc(NSc2cccc3scnc23)cc1)N1CCC(O)(c2ncc(Cl)s2)CC1. The minimum Gasteiger partial charge on any atom is -0.383 e. The number of fused-ring (bicyclic) bond motifs is 1. The fraction of sp³-hybridized carbons (Fsp3) is 0.227. The molecule has 1 amide bonds. The number of thiazole rings is 2. The number of aliphatic hydroxyl groups is 1. The number of hydrogen-bond donors (Lipinski definition) is 2. The number of likely N-dealkylation sites (tertiary alicyclic amines) is 1. The lowest BCUT2D eigenvalue weighted by Gasteiger charge is -2.37. The van der Waals surface area contributed by atoms with Gasteiger partial charge in [-0.1, -0.05) is 17.7 Å². The first-order valence-corrected chi connectivity index (χ1v) is 12.9. The molecule has 0 saturated carbocycles. The zero-order valence-corrected chi connectivity index (χ0v) is 20.0. The predicted molar refractivity (Wildman–Crippen MR) is 132 cm³/mol. The van der Waals surface area contributed by atoms with Crippen LogP contribution in [0, 0.1) is 0 Å². The smallest absolute Gasteiger partial charge is 0.253 e. The maximum Gasteiger partial charge on any atom is 0.253 e. The van der Waals surface area contributed by atoms with Crippen molar-refractivity contribution in [1.82, 2.24) is 14.9 Å². The number of para-hydroxylation sites is 1. The van der Waals surface area contributed by atoms with E-state index in [0.717, 1.165) is 20.8 Å². The Morgan fingerprint density at radius 1 is 1.16 bits per heavy atom. The van der Waals surface area contributed by atoms with Crippen LogP contribution >= 0.6 is 46.2 Å². The summed E-state index contributed by atoms with van der Waals surface area (Å²) in [7, 11) is 0. The number of nitrogens with one attached hydrogen (secondary N) is 1. The highest BCUT2D eigenvalue weighted by Gasteiger charge is 2.38. The molecule has 0 atom stereocenters. The molecule has 0 radical (unpaired) electrons. The van der Waals surface area contributed by atoms with E-state index < -0.39 is 5.60 Å². The molecule has 2 aromatic heterocycles. The second-order valence-corrected chi connectivity index (χ2v) is 10.9. The molecule has 2 aromatic carbocycles. The van der Waals surface area contributed by atoms with Crippen LogP contribution in [0.5, 0.6) is 0 Å². The average Bonchev–Trinajstić information content (AvgIpc) is 3.48. The number of hydrogen-bond acceptors (Lipinski definition) is 8. The molecule has 10 heteroatoms. The molecule has 0 unspecified atom stereocenters. The average molecular weight is 503 g/mol. The van der Waals surface area contributed by atoms with Gasteiger partial charge in [-0.25, -0.2) is 9.97 Å². The Morgan fingerprint density at radius 3 is 2.66 bits per heavy atom. The normalized spacial score (nSPS) is 15.8. The number of halogens is 1. The molecule has 0 aliphatic carbocycles. The van der Waals surface area contributed by atoms with Crippen LogP contribution in [0.3, 0.4) is 0 Å². The Hall–Kier alpha value is -2.17. The largest absolute Gasteiger partial charge is 0.383 e. The van der Waals surface area contributed by atoms with Crippen LogP contribution in [0.4, 0.5) is 5.69 Å². The van der Waals surface area contributed by atoms with Crippen LogP contribution in [-0.4, -0.2) is 39.0 Å². The third-order valence-electron chi connectivity index (χ3n) is 5.49. The highest BCUT2D eigenvalue weighted by molar-refractivity contribution is 8.00.